The zero-order valence-electron chi connectivity index (χ0n) is 22.8. The van der Waals surface area contributed by atoms with Crippen molar-refractivity contribution in [2.24, 2.45) is 11.4 Å². The van der Waals surface area contributed by atoms with Crippen LogP contribution < -0.4 is 10.7 Å². The fourth-order valence-electron chi connectivity index (χ4n) is 4.45. The van der Waals surface area contributed by atoms with Crippen molar-refractivity contribution in [3.8, 4) is 23.1 Å². The highest BCUT2D eigenvalue weighted by atomic mass is 32.2. The van der Waals surface area contributed by atoms with Crippen LogP contribution in [0.4, 0.5) is 8.78 Å². The number of rotatable bonds is 8. The largest absolute Gasteiger partial charge is 0.348 e. The Kier molecular flexibility index (Phi) is 8.49. The van der Waals surface area contributed by atoms with Gasteiger partial charge in [-0.15, -0.1) is 4.36 Å². The Morgan fingerprint density at radius 3 is 2.46 bits per heavy atom. The standard InChI is InChI=1S/C29H28F2N6O3S/c1-18(2)41(40,35-17-32)23-10-8-20(9-11-23)15-33-29(39)24-16-37(25-12-13-34-36(25)4)19(3)26(27(24)38)21-6-5-7-22(14-21)28(30)31/h5-14,16,18,28H,15H2,1-4H3,(H,33,39). The Morgan fingerprint density at radius 1 is 1.17 bits per heavy atom. The number of benzene rings is 2. The first-order valence-corrected chi connectivity index (χ1v) is 14.2. The predicted octanol–water partition coefficient (Wildman–Crippen LogP) is 5.13. The average molecular weight is 579 g/mol. The Labute approximate surface area is 236 Å². The topological polar surface area (TPSA) is 122 Å². The maximum absolute atomic E-state index is 13.7. The summed E-state index contributed by atoms with van der Waals surface area (Å²) in [5, 5.41) is 15.5. The van der Waals surface area contributed by atoms with Crippen LogP contribution in [0.5, 0.6) is 0 Å². The second kappa shape index (κ2) is 11.9. The highest BCUT2D eigenvalue weighted by Crippen LogP contribution is 2.27. The average Bonchev–Trinajstić information content (AvgIpc) is 3.37. The molecule has 2 heterocycles. The van der Waals surface area contributed by atoms with E-state index in [0.717, 1.165) is 0 Å². The molecule has 2 aromatic heterocycles. The van der Waals surface area contributed by atoms with Crippen LogP contribution in [-0.2, 0) is 23.3 Å². The SMILES string of the molecule is Cc1c(-c2cccc(C(F)F)c2)c(=O)c(C(=O)NCc2ccc(S(=O)(=NC#N)C(C)C)cc2)cn1-c1ccnn1C. The molecule has 1 atom stereocenters. The molecule has 0 saturated carbocycles. The van der Waals surface area contributed by atoms with Crippen LogP contribution >= 0.6 is 0 Å². The van der Waals surface area contributed by atoms with Gasteiger partial charge >= 0.3 is 0 Å². The normalized spacial score (nSPS) is 12.7. The van der Waals surface area contributed by atoms with Crippen LogP contribution in [0.25, 0.3) is 16.9 Å². The lowest BCUT2D eigenvalue weighted by atomic mass is 9.99. The minimum Gasteiger partial charge on any atom is -0.348 e. The van der Waals surface area contributed by atoms with Crippen molar-refractivity contribution in [2.45, 2.75) is 43.9 Å². The van der Waals surface area contributed by atoms with Crippen LogP contribution in [0.2, 0.25) is 0 Å². The first-order valence-electron chi connectivity index (χ1n) is 12.6. The van der Waals surface area contributed by atoms with Crippen LogP contribution in [0, 0.1) is 18.4 Å². The molecule has 0 radical (unpaired) electrons. The lowest BCUT2D eigenvalue weighted by Gasteiger charge is -2.17. The lowest BCUT2D eigenvalue weighted by Crippen LogP contribution is -2.31. The van der Waals surface area contributed by atoms with Crippen LogP contribution in [0.15, 0.2) is 81.0 Å². The lowest BCUT2D eigenvalue weighted by molar-refractivity contribution is 0.0949. The second-order valence-electron chi connectivity index (χ2n) is 9.58. The summed E-state index contributed by atoms with van der Waals surface area (Å²) in [5.41, 5.74) is 0.479. The number of halogens is 2. The third kappa shape index (κ3) is 5.81. The summed E-state index contributed by atoms with van der Waals surface area (Å²) in [6.07, 6.45) is 1.88. The Hall–Kier alpha value is -4.63. The first-order chi connectivity index (χ1) is 19.5. The van der Waals surface area contributed by atoms with Gasteiger partial charge in [0.05, 0.1) is 15.9 Å². The molecular formula is C29H28F2N6O3S. The number of pyridine rings is 1. The third-order valence-corrected chi connectivity index (χ3v) is 9.27. The summed E-state index contributed by atoms with van der Waals surface area (Å²) < 4.78 is 46.9. The number of carbonyl (C=O) groups is 1. The molecule has 0 aliphatic rings. The molecule has 41 heavy (non-hydrogen) atoms. The predicted molar refractivity (Wildman–Crippen MR) is 151 cm³/mol. The molecule has 4 aromatic rings. The molecule has 12 heteroatoms. The molecule has 1 N–H and O–H groups in total. The van der Waals surface area contributed by atoms with E-state index in [4.69, 9.17) is 5.26 Å². The molecular weight excluding hydrogens is 550 g/mol. The number of aromatic nitrogens is 3. The Bertz CT molecular complexity index is 1830. The third-order valence-electron chi connectivity index (χ3n) is 6.70. The zero-order chi connectivity index (χ0) is 29.9. The minimum atomic E-state index is -2.93. The molecule has 4 rings (SSSR count). The van der Waals surface area contributed by atoms with Crippen LogP contribution in [0.1, 0.15) is 47.5 Å². The summed E-state index contributed by atoms with van der Waals surface area (Å²) in [6.45, 7) is 5.16. The van der Waals surface area contributed by atoms with E-state index in [1.165, 1.54) is 24.4 Å². The van der Waals surface area contributed by atoms with Gasteiger partial charge in [-0.25, -0.2) is 13.0 Å². The molecule has 0 fully saturated rings. The van der Waals surface area contributed by atoms with E-state index in [0.29, 0.717) is 22.0 Å². The van der Waals surface area contributed by atoms with Gasteiger partial charge in [-0.2, -0.15) is 10.4 Å². The highest BCUT2D eigenvalue weighted by molar-refractivity contribution is 7.94. The summed E-state index contributed by atoms with van der Waals surface area (Å²) in [4.78, 5) is 27.4. The smallest absolute Gasteiger partial charge is 0.263 e. The van der Waals surface area contributed by atoms with E-state index in [2.05, 4.69) is 14.8 Å². The number of nitrogens with one attached hydrogen (secondary N) is 1. The van der Waals surface area contributed by atoms with Gasteiger partial charge in [0.15, 0.2) is 0 Å². The summed E-state index contributed by atoms with van der Waals surface area (Å²) in [6, 6.07) is 13.7. The molecule has 212 valence electrons. The van der Waals surface area contributed by atoms with E-state index in [-0.39, 0.29) is 34.0 Å². The van der Waals surface area contributed by atoms with E-state index in [1.807, 2.05) is 0 Å². The van der Waals surface area contributed by atoms with Gasteiger partial charge in [0.2, 0.25) is 11.6 Å². The number of alkyl halides is 2. The van der Waals surface area contributed by atoms with Crippen molar-refractivity contribution in [1.82, 2.24) is 19.7 Å². The number of nitriles is 1. The molecule has 0 aliphatic heterocycles. The van der Waals surface area contributed by atoms with Crippen molar-refractivity contribution in [3.05, 3.63) is 99.6 Å². The summed E-state index contributed by atoms with van der Waals surface area (Å²) in [5.74, 6) is -0.0957. The number of hydrogen-bond acceptors (Lipinski definition) is 6. The maximum atomic E-state index is 13.7. The molecule has 2 aromatic carbocycles. The molecule has 9 nitrogen and oxygen atoms in total. The van der Waals surface area contributed by atoms with Crippen molar-refractivity contribution >= 4 is 15.6 Å². The second-order valence-corrected chi connectivity index (χ2v) is 12.3. The van der Waals surface area contributed by atoms with Gasteiger partial charge in [0.1, 0.15) is 11.4 Å². The molecule has 0 aliphatic carbocycles. The number of nitrogens with zero attached hydrogens (tertiary/aromatic N) is 5. The molecule has 1 amide bonds. The minimum absolute atomic E-state index is 0.0482. The van der Waals surface area contributed by atoms with E-state index < -0.39 is 27.5 Å². The van der Waals surface area contributed by atoms with Crippen LogP contribution in [0.3, 0.4) is 0 Å². The fourth-order valence-corrected chi connectivity index (χ4v) is 5.96. The number of hydrogen-bond donors (Lipinski definition) is 1. The molecule has 0 bridgehead atoms. The number of aryl methyl sites for hydroxylation is 1. The van der Waals surface area contributed by atoms with Gasteiger partial charge in [0, 0.05) is 52.8 Å². The molecule has 0 spiro atoms. The van der Waals surface area contributed by atoms with Crippen molar-refractivity contribution in [3.63, 3.8) is 0 Å². The van der Waals surface area contributed by atoms with Gasteiger partial charge < -0.3 is 9.88 Å². The van der Waals surface area contributed by atoms with Gasteiger partial charge in [-0.3, -0.25) is 14.3 Å². The zero-order valence-corrected chi connectivity index (χ0v) is 23.7. The van der Waals surface area contributed by atoms with Crippen molar-refractivity contribution in [1.29, 1.82) is 5.26 Å². The Balaban J connectivity index is 1.72. The van der Waals surface area contributed by atoms with E-state index in [9.17, 15) is 22.6 Å². The summed E-state index contributed by atoms with van der Waals surface area (Å²) >= 11 is 0. The van der Waals surface area contributed by atoms with Gasteiger partial charge in [-0.1, -0.05) is 30.3 Å². The summed E-state index contributed by atoms with van der Waals surface area (Å²) in [7, 11) is -1.22. The number of carbonyl (C=O) groups excluding carboxylic acids is 1. The monoisotopic (exact) mass is 578 g/mol. The first kappa shape index (κ1) is 29.4. The van der Waals surface area contributed by atoms with E-state index in [1.54, 1.807) is 85.9 Å². The van der Waals surface area contributed by atoms with Crippen LogP contribution in [-0.4, -0.2) is 29.7 Å². The van der Waals surface area contributed by atoms with Crippen molar-refractivity contribution in [2.75, 3.05) is 0 Å². The van der Waals surface area contributed by atoms with Gasteiger partial charge in [0.25, 0.3) is 12.3 Å². The molecule has 1 unspecified atom stereocenters. The number of amides is 1. The van der Waals surface area contributed by atoms with E-state index >= 15 is 0 Å². The Morgan fingerprint density at radius 2 is 1.88 bits per heavy atom. The highest BCUT2D eigenvalue weighted by Gasteiger charge is 2.22. The molecule has 0 saturated heterocycles. The maximum Gasteiger partial charge on any atom is 0.263 e. The fraction of sp³-hybridized carbons (Fsp3) is 0.241. The quantitative estimate of drug-likeness (QED) is 0.291. The van der Waals surface area contributed by atoms with Crippen molar-refractivity contribution < 1.29 is 17.8 Å². The van der Waals surface area contributed by atoms with Gasteiger partial charge in [-0.05, 0) is 50.1 Å².